The van der Waals surface area contributed by atoms with Crippen molar-refractivity contribution in [2.75, 3.05) is 6.61 Å². The molecule has 1 aliphatic heterocycles. The molecule has 4 heteroatoms. The minimum Gasteiger partial charge on any atom is -0.493 e. The number of aryl methyl sites for hydroxylation is 1. The van der Waals surface area contributed by atoms with Crippen molar-refractivity contribution in [1.82, 2.24) is 5.32 Å². The molecule has 0 fully saturated rings. The van der Waals surface area contributed by atoms with Gasteiger partial charge in [-0.3, -0.25) is 0 Å². The lowest BCUT2D eigenvalue weighted by Gasteiger charge is -2.23. The first kappa shape index (κ1) is 13.4. The summed E-state index contributed by atoms with van der Waals surface area (Å²) >= 11 is 3.60. The molecule has 4 rings (SSSR count). The van der Waals surface area contributed by atoms with Gasteiger partial charge >= 0.3 is 0 Å². The maximum Gasteiger partial charge on any atom is 0.127 e. The second-order valence-corrected chi connectivity index (χ2v) is 6.69. The van der Waals surface area contributed by atoms with Crippen LogP contribution in [0, 0.1) is 0 Å². The molecule has 110 valence electrons. The Bertz CT molecular complexity index is 665. The molecule has 2 heterocycles. The minimum absolute atomic E-state index is 0.392. The first-order valence-electron chi connectivity index (χ1n) is 7.55. The Morgan fingerprint density at radius 2 is 2.24 bits per heavy atom. The Labute approximate surface area is 132 Å². The first-order valence-corrected chi connectivity index (χ1v) is 8.34. The highest BCUT2D eigenvalue weighted by molar-refractivity contribution is 9.10. The summed E-state index contributed by atoms with van der Waals surface area (Å²) in [5.74, 6) is 2.23. The standard InChI is InChI=1S/C17H18BrNO2/c18-13-8-11-4-6-21-17(11)12(9-13)10-19-15-2-1-3-16-14(15)5-7-20-16/h5,7-9,15,19H,1-4,6,10H2. The number of nitrogens with one attached hydrogen (secondary N) is 1. The number of furan rings is 1. The quantitative estimate of drug-likeness (QED) is 0.905. The third-order valence-corrected chi connectivity index (χ3v) is 4.87. The summed E-state index contributed by atoms with van der Waals surface area (Å²) in [5, 5.41) is 3.68. The number of hydrogen-bond acceptors (Lipinski definition) is 3. The molecule has 1 atom stereocenters. The van der Waals surface area contributed by atoms with E-state index < -0.39 is 0 Å². The molecule has 2 aliphatic rings. The summed E-state index contributed by atoms with van der Waals surface area (Å²) in [6.07, 6.45) is 6.24. The first-order chi connectivity index (χ1) is 10.3. The smallest absolute Gasteiger partial charge is 0.127 e. The zero-order valence-electron chi connectivity index (χ0n) is 11.8. The molecule has 0 radical (unpaired) electrons. The lowest BCUT2D eigenvalue weighted by atomic mass is 9.93. The largest absolute Gasteiger partial charge is 0.493 e. The maximum absolute atomic E-state index is 5.80. The molecule has 2 aromatic rings. The van der Waals surface area contributed by atoms with E-state index in [-0.39, 0.29) is 0 Å². The average Bonchev–Trinajstić information content (AvgIpc) is 3.12. The fraction of sp³-hybridized carbons (Fsp3) is 0.412. The highest BCUT2D eigenvalue weighted by atomic mass is 79.9. The van der Waals surface area contributed by atoms with Crippen molar-refractivity contribution in [3.8, 4) is 5.75 Å². The molecule has 1 unspecified atom stereocenters. The van der Waals surface area contributed by atoms with Gasteiger partial charge in [-0.2, -0.15) is 0 Å². The van der Waals surface area contributed by atoms with E-state index >= 15 is 0 Å². The molecular weight excluding hydrogens is 330 g/mol. The molecule has 1 aromatic heterocycles. The molecular formula is C17H18BrNO2. The normalized spacial score (nSPS) is 20.0. The van der Waals surface area contributed by atoms with E-state index in [9.17, 15) is 0 Å². The summed E-state index contributed by atoms with van der Waals surface area (Å²) in [7, 11) is 0. The zero-order chi connectivity index (χ0) is 14.2. The van der Waals surface area contributed by atoms with Crippen LogP contribution in [-0.4, -0.2) is 6.61 Å². The van der Waals surface area contributed by atoms with Gasteiger partial charge in [0.2, 0.25) is 0 Å². The van der Waals surface area contributed by atoms with Gasteiger partial charge in [-0.15, -0.1) is 0 Å². The predicted octanol–water partition coefficient (Wildman–Crippen LogP) is 4.14. The second-order valence-electron chi connectivity index (χ2n) is 5.78. The van der Waals surface area contributed by atoms with Gasteiger partial charge in [0.25, 0.3) is 0 Å². The number of fused-ring (bicyclic) bond motifs is 2. The summed E-state index contributed by atoms with van der Waals surface area (Å²) < 4.78 is 12.5. The van der Waals surface area contributed by atoms with Crippen molar-refractivity contribution < 1.29 is 9.15 Å². The molecule has 1 N–H and O–H groups in total. The molecule has 1 aliphatic carbocycles. The van der Waals surface area contributed by atoms with Crippen LogP contribution in [0.1, 0.15) is 41.3 Å². The van der Waals surface area contributed by atoms with E-state index in [0.29, 0.717) is 6.04 Å². The third kappa shape index (κ3) is 2.51. The van der Waals surface area contributed by atoms with Crippen molar-refractivity contribution in [2.45, 2.75) is 38.3 Å². The van der Waals surface area contributed by atoms with E-state index in [2.05, 4.69) is 39.4 Å². The van der Waals surface area contributed by atoms with Crippen LogP contribution in [0.25, 0.3) is 0 Å². The highest BCUT2D eigenvalue weighted by Gasteiger charge is 2.23. The van der Waals surface area contributed by atoms with E-state index in [1.54, 1.807) is 0 Å². The number of hydrogen-bond donors (Lipinski definition) is 1. The number of ether oxygens (including phenoxy) is 1. The van der Waals surface area contributed by atoms with Crippen LogP contribution < -0.4 is 10.1 Å². The van der Waals surface area contributed by atoms with E-state index in [1.165, 1.54) is 29.5 Å². The molecule has 3 nitrogen and oxygen atoms in total. The monoisotopic (exact) mass is 347 g/mol. The van der Waals surface area contributed by atoms with Crippen LogP contribution in [0.2, 0.25) is 0 Å². The van der Waals surface area contributed by atoms with Crippen LogP contribution in [-0.2, 0) is 19.4 Å². The number of rotatable bonds is 3. The Hall–Kier alpha value is -1.26. The molecule has 0 saturated carbocycles. The van der Waals surface area contributed by atoms with E-state index in [0.717, 1.165) is 42.0 Å². The number of benzene rings is 1. The Kier molecular flexibility index (Phi) is 3.51. The van der Waals surface area contributed by atoms with Gasteiger partial charge in [0.05, 0.1) is 12.9 Å². The lowest BCUT2D eigenvalue weighted by Crippen LogP contribution is -2.24. The minimum atomic E-state index is 0.392. The van der Waals surface area contributed by atoms with Crippen LogP contribution in [0.15, 0.2) is 33.4 Å². The molecule has 0 spiro atoms. The summed E-state index contributed by atoms with van der Waals surface area (Å²) in [6.45, 7) is 1.63. The van der Waals surface area contributed by atoms with Crippen molar-refractivity contribution >= 4 is 15.9 Å². The van der Waals surface area contributed by atoms with Gasteiger partial charge in [0, 0.05) is 41.0 Å². The summed E-state index contributed by atoms with van der Waals surface area (Å²) in [6, 6.07) is 6.83. The van der Waals surface area contributed by atoms with Crippen LogP contribution >= 0.6 is 15.9 Å². The Balaban J connectivity index is 1.54. The fourth-order valence-electron chi connectivity index (χ4n) is 3.41. The predicted molar refractivity (Wildman–Crippen MR) is 84.6 cm³/mol. The molecule has 21 heavy (non-hydrogen) atoms. The molecule has 0 saturated heterocycles. The van der Waals surface area contributed by atoms with Crippen LogP contribution in [0.3, 0.4) is 0 Å². The third-order valence-electron chi connectivity index (χ3n) is 4.42. The van der Waals surface area contributed by atoms with Gasteiger partial charge in [-0.05, 0) is 36.6 Å². The maximum atomic E-state index is 5.80. The SMILES string of the molecule is Brc1cc2c(c(CNC3CCCc4occc43)c1)OCC2. The van der Waals surface area contributed by atoms with Crippen molar-refractivity contribution in [1.29, 1.82) is 0 Å². The van der Waals surface area contributed by atoms with Gasteiger partial charge < -0.3 is 14.5 Å². The zero-order valence-corrected chi connectivity index (χ0v) is 13.4. The summed E-state index contributed by atoms with van der Waals surface area (Å²) in [4.78, 5) is 0. The van der Waals surface area contributed by atoms with Crippen LogP contribution in [0.5, 0.6) is 5.75 Å². The Morgan fingerprint density at radius 3 is 3.19 bits per heavy atom. The lowest BCUT2D eigenvalue weighted by molar-refractivity contribution is 0.350. The average molecular weight is 348 g/mol. The fourth-order valence-corrected chi connectivity index (χ4v) is 3.96. The highest BCUT2D eigenvalue weighted by Crippen LogP contribution is 2.35. The van der Waals surface area contributed by atoms with Gasteiger partial charge in [-0.25, -0.2) is 0 Å². The second kappa shape index (κ2) is 5.50. The molecule has 0 amide bonds. The molecule has 1 aromatic carbocycles. The summed E-state index contributed by atoms with van der Waals surface area (Å²) in [5.41, 5.74) is 3.88. The number of halogens is 1. The van der Waals surface area contributed by atoms with Gasteiger partial charge in [-0.1, -0.05) is 15.9 Å². The van der Waals surface area contributed by atoms with E-state index in [4.69, 9.17) is 9.15 Å². The topological polar surface area (TPSA) is 34.4 Å². The van der Waals surface area contributed by atoms with Crippen molar-refractivity contribution in [3.63, 3.8) is 0 Å². The van der Waals surface area contributed by atoms with Crippen molar-refractivity contribution in [3.05, 3.63) is 51.4 Å². The Morgan fingerprint density at radius 1 is 1.29 bits per heavy atom. The van der Waals surface area contributed by atoms with Gasteiger partial charge in [0.1, 0.15) is 11.5 Å². The molecule has 0 bridgehead atoms. The van der Waals surface area contributed by atoms with E-state index in [1.807, 2.05) is 6.26 Å². The van der Waals surface area contributed by atoms with Gasteiger partial charge in [0.15, 0.2) is 0 Å². The van der Waals surface area contributed by atoms with Crippen molar-refractivity contribution in [2.24, 2.45) is 0 Å². The van der Waals surface area contributed by atoms with Crippen LogP contribution in [0.4, 0.5) is 0 Å².